The van der Waals surface area contributed by atoms with Gasteiger partial charge in [-0.25, -0.2) is 0 Å². The Bertz CT molecular complexity index is 102. The van der Waals surface area contributed by atoms with Gasteiger partial charge in [-0.3, -0.25) is 4.90 Å². The molecule has 0 aromatic carbocycles. The molecule has 0 spiro atoms. The average molecular weight is 158 g/mol. The third kappa shape index (κ3) is 3.21. The number of rotatable bonds is 4. The number of likely N-dealkylation sites (N-methyl/N-ethyl adjacent to an activating group) is 2. The molecule has 0 fully saturated rings. The summed E-state index contributed by atoms with van der Waals surface area (Å²) in [4.78, 5) is 2.38. The maximum absolute atomic E-state index is 3.26. The van der Waals surface area contributed by atoms with Crippen LogP contribution in [0.2, 0.25) is 0 Å². The SMILES string of the molecule is CNC(C)C(C)N(C)C(C)C. The van der Waals surface area contributed by atoms with Gasteiger partial charge in [-0.05, 0) is 41.8 Å². The Hall–Kier alpha value is -0.0800. The first-order valence-electron chi connectivity index (χ1n) is 4.40. The molecule has 0 aliphatic heterocycles. The highest BCUT2D eigenvalue weighted by molar-refractivity contribution is 4.75. The molecule has 0 saturated heterocycles. The van der Waals surface area contributed by atoms with Crippen LogP contribution in [0.1, 0.15) is 27.7 Å². The van der Waals surface area contributed by atoms with E-state index in [9.17, 15) is 0 Å². The van der Waals surface area contributed by atoms with Crippen LogP contribution in [0.25, 0.3) is 0 Å². The van der Waals surface area contributed by atoms with Crippen molar-refractivity contribution < 1.29 is 0 Å². The van der Waals surface area contributed by atoms with Crippen molar-refractivity contribution >= 4 is 0 Å². The van der Waals surface area contributed by atoms with E-state index >= 15 is 0 Å². The second kappa shape index (κ2) is 4.73. The van der Waals surface area contributed by atoms with Crippen molar-refractivity contribution in [2.24, 2.45) is 0 Å². The van der Waals surface area contributed by atoms with Gasteiger partial charge in [0.05, 0.1) is 0 Å². The summed E-state index contributed by atoms with van der Waals surface area (Å²) in [5, 5.41) is 3.26. The van der Waals surface area contributed by atoms with Gasteiger partial charge in [0.2, 0.25) is 0 Å². The Morgan fingerprint density at radius 3 is 1.82 bits per heavy atom. The van der Waals surface area contributed by atoms with Crippen molar-refractivity contribution in [3.63, 3.8) is 0 Å². The summed E-state index contributed by atoms with van der Waals surface area (Å²) in [6, 6.07) is 1.78. The van der Waals surface area contributed by atoms with Crippen molar-refractivity contribution in [1.29, 1.82) is 0 Å². The first-order valence-corrected chi connectivity index (χ1v) is 4.40. The molecule has 0 aliphatic carbocycles. The predicted octanol–water partition coefficient (Wildman–Crippen LogP) is 1.32. The molecular weight excluding hydrogens is 136 g/mol. The molecule has 0 heterocycles. The van der Waals surface area contributed by atoms with Crippen LogP contribution in [0.15, 0.2) is 0 Å². The van der Waals surface area contributed by atoms with Crippen LogP contribution < -0.4 is 5.32 Å². The largest absolute Gasteiger partial charge is 0.316 e. The Balaban J connectivity index is 3.90. The minimum atomic E-state index is 0.558. The molecule has 0 aromatic heterocycles. The second-order valence-corrected chi connectivity index (χ2v) is 3.58. The Kier molecular flexibility index (Phi) is 4.69. The number of nitrogens with zero attached hydrogens (tertiary/aromatic N) is 1. The second-order valence-electron chi connectivity index (χ2n) is 3.58. The Morgan fingerprint density at radius 2 is 1.55 bits per heavy atom. The first kappa shape index (κ1) is 10.9. The van der Waals surface area contributed by atoms with Crippen LogP contribution in [0.4, 0.5) is 0 Å². The summed E-state index contributed by atoms with van der Waals surface area (Å²) < 4.78 is 0. The molecular formula is C9H22N2. The number of nitrogens with one attached hydrogen (secondary N) is 1. The quantitative estimate of drug-likeness (QED) is 0.664. The van der Waals surface area contributed by atoms with Crippen LogP contribution in [0.5, 0.6) is 0 Å². The van der Waals surface area contributed by atoms with Crippen molar-refractivity contribution in [3.8, 4) is 0 Å². The van der Waals surface area contributed by atoms with Crippen molar-refractivity contribution in [3.05, 3.63) is 0 Å². The van der Waals surface area contributed by atoms with Crippen molar-refractivity contribution in [2.45, 2.75) is 45.8 Å². The van der Waals surface area contributed by atoms with Crippen LogP contribution in [-0.2, 0) is 0 Å². The summed E-state index contributed by atoms with van der Waals surface area (Å²) in [5.41, 5.74) is 0. The fourth-order valence-electron chi connectivity index (χ4n) is 1.06. The fourth-order valence-corrected chi connectivity index (χ4v) is 1.06. The molecule has 2 heteroatoms. The van der Waals surface area contributed by atoms with Gasteiger partial charge in [0, 0.05) is 18.1 Å². The van der Waals surface area contributed by atoms with Gasteiger partial charge in [0.15, 0.2) is 0 Å². The molecule has 2 unspecified atom stereocenters. The predicted molar refractivity (Wildman–Crippen MR) is 50.9 cm³/mol. The van der Waals surface area contributed by atoms with Crippen LogP contribution in [-0.4, -0.2) is 37.1 Å². The molecule has 68 valence electrons. The van der Waals surface area contributed by atoms with E-state index < -0.39 is 0 Å². The van der Waals surface area contributed by atoms with Gasteiger partial charge in [0.1, 0.15) is 0 Å². The standard InChI is InChI=1S/C9H22N2/c1-7(2)11(6)9(4)8(3)10-5/h7-10H,1-6H3. The average Bonchev–Trinajstić information content (AvgIpc) is 2.00. The van der Waals surface area contributed by atoms with Gasteiger partial charge in [-0.2, -0.15) is 0 Å². The third-order valence-corrected chi connectivity index (χ3v) is 2.64. The van der Waals surface area contributed by atoms with Gasteiger partial charge in [-0.15, -0.1) is 0 Å². The van der Waals surface area contributed by atoms with E-state index in [4.69, 9.17) is 0 Å². The molecule has 2 atom stereocenters. The lowest BCUT2D eigenvalue weighted by Gasteiger charge is -2.32. The van der Waals surface area contributed by atoms with Crippen molar-refractivity contribution in [1.82, 2.24) is 10.2 Å². The highest BCUT2D eigenvalue weighted by Gasteiger charge is 2.16. The van der Waals surface area contributed by atoms with Crippen LogP contribution >= 0.6 is 0 Å². The molecule has 0 amide bonds. The Labute approximate surface area is 71.0 Å². The molecule has 0 saturated carbocycles. The lowest BCUT2D eigenvalue weighted by Crippen LogP contribution is -2.46. The van der Waals surface area contributed by atoms with E-state index in [1.807, 2.05) is 7.05 Å². The normalized spacial score (nSPS) is 17.5. The van der Waals surface area contributed by atoms with Crippen LogP contribution in [0, 0.1) is 0 Å². The molecule has 1 N–H and O–H groups in total. The van der Waals surface area contributed by atoms with Crippen LogP contribution in [0.3, 0.4) is 0 Å². The monoisotopic (exact) mass is 158 g/mol. The summed E-state index contributed by atoms with van der Waals surface area (Å²) in [6.07, 6.45) is 0. The smallest absolute Gasteiger partial charge is 0.0217 e. The van der Waals surface area contributed by atoms with E-state index in [0.29, 0.717) is 18.1 Å². The van der Waals surface area contributed by atoms with Gasteiger partial charge in [-0.1, -0.05) is 0 Å². The van der Waals surface area contributed by atoms with E-state index in [2.05, 4.69) is 45.0 Å². The van der Waals surface area contributed by atoms with Gasteiger partial charge < -0.3 is 5.32 Å². The molecule has 0 radical (unpaired) electrons. The van der Waals surface area contributed by atoms with E-state index in [1.165, 1.54) is 0 Å². The summed E-state index contributed by atoms with van der Waals surface area (Å²) in [6.45, 7) is 8.91. The molecule has 0 aromatic rings. The third-order valence-electron chi connectivity index (χ3n) is 2.64. The zero-order valence-electron chi connectivity index (χ0n) is 8.68. The number of hydrogen-bond acceptors (Lipinski definition) is 2. The highest BCUT2D eigenvalue weighted by Crippen LogP contribution is 2.04. The van der Waals surface area contributed by atoms with Gasteiger partial charge >= 0.3 is 0 Å². The lowest BCUT2D eigenvalue weighted by atomic mass is 10.1. The molecule has 0 aliphatic rings. The van der Waals surface area contributed by atoms with E-state index in [-0.39, 0.29) is 0 Å². The summed E-state index contributed by atoms with van der Waals surface area (Å²) >= 11 is 0. The molecule has 0 rings (SSSR count). The zero-order valence-corrected chi connectivity index (χ0v) is 8.68. The topological polar surface area (TPSA) is 15.3 Å². The molecule has 0 bridgehead atoms. The fraction of sp³-hybridized carbons (Fsp3) is 1.00. The zero-order chi connectivity index (χ0) is 9.02. The lowest BCUT2D eigenvalue weighted by molar-refractivity contribution is 0.177. The minimum Gasteiger partial charge on any atom is -0.316 e. The van der Waals surface area contributed by atoms with Gasteiger partial charge in [0.25, 0.3) is 0 Å². The van der Waals surface area contributed by atoms with E-state index in [0.717, 1.165) is 0 Å². The highest BCUT2D eigenvalue weighted by atomic mass is 15.2. The first-order chi connectivity index (χ1) is 5.00. The van der Waals surface area contributed by atoms with Crippen molar-refractivity contribution in [2.75, 3.05) is 14.1 Å². The molecule has 2 nitrogen and oxygen atoms in total. The Morgan fingerprint density at radius 1 is 1.09 bits per heavy atom. The molecule has 11 heavy (non-hydrogen) atoms. The summed E-state index contributed by atoms with van der Waals surface area (Å²) in [5.74, 6) is 0. The minimum absolute atomic E-state index is 0.558. The maximum Gasteiger partial charge on any atom is 0.0217 e. The summed E-state index contributed by atoms with van der Waals surface area (Å²) in [7, 11) is 4.18. The maximum atomic E-state index is 3.26. The number of hydrogen-bond donors (Lipinski definition) is 1. The van der Waals surface area contributed by atoms with E-state index in [1.54, 1.807) is 0 Å².